The topological polar surface area (TPSA) is 75.1 Å². The summed E-state index contributed by atoms with van der Waals surface area (Å²) < 4.78 is 0. The fraction of sp³-hybridized carbons (Fsp3) is 0.0833. The molecule has 1 aromatic heterocycles. The maximum atomic E-state index is 11.7. The normalized spacial score (nSPS) is 9.88. The van der Waals surface area contributed by atoms with Gasteiger partial charge in [0, 0.05) is 11.8 Å². The Bertz CT molecular complexity index is 514. The number of carbonyl (C=O) groups is 1. The molecule has 0 bridgehead atoms. The Hall–Kier alpha value is -2.43. The Morgan fingerprint density at radius 2 is 2.18 bits per heavy atom. The highest BCUT2D eigenvalue weighted by molar-refractivity contribution is 5.94. The average molecular weight is 229 g/mol. The smallest absolute Gasteiger partial charge is 0.251 e. The van der Waals surface area contributed by atoms with Crippen LogP contribution in [0.25, 0.3) is 0 Å². The standard InChI is InChI=1S/C12H11N3O2/c16-11-5-1-3-9(7-11)12(17)13-8-10-4-2-6-14-15-10/h1-7,16H,8H2,(H,13,17). The molecule has 2 aromatic rings. The van der Waals surface area contributed by atoms with Gasteiger partial charge in [-0.05, 0) is 30.3 Å². The second-order valence-corrected chi connectivity index (χ2v) is 3.45. The monoisotopic (exact) mass is 229 g/mol. The van der Waals surface area contributed by atoms with E-state index in [0.717, 1.165) is 0 Å². The Morgan fingerprint density at radius 1 is 1.29 bits per heavy atom. The number of hydrogen-bond acceptors (Lipinski definition) is 4. The van der Waals surface area contributed by atoms with E-state index >= 15 is 0 Å². The van der Waals surface area contributed by atoms with Crippen LogP contribution in [-0.4, -0.2) is 21.2 Å². The molecule has 2 rings (SSSR count). The lowest BCUT2D eigenvalue weighted by atomic mass is 10.2. The maximum absolute atomic E-state index is 11.7. The predicted octanol–water partition coefficient (Wildman–Crippen LogP) is 1.11. The molecule has 17 heavy (non-hydrogen) atoms. The summed E-state index contributed by atoms with van der Waals surface area (Å²) in [5.74, 6) is -0.191. The number of aromatic hydroxyl groups is 1. The number of nitrogens with one attached hydrogen (secondary N) is 1. The number of amides is 1. The van der Waals surface area contributed by atoms with E-state index in [9.17, 15) is 9.90 Å². The average Bonchev–Trinajstić information content (AvgIpc) is 2.37. The third kappa shape index (κ3) is 3.01. The summed E-state index contributed by atoms with van der Waals surface area (Å²) in [6, 6.07) is 9.70. The van der Waals surface area contributed by atoms with Crippen LogP contribution in [0.15, 0.2) is 42.6 Å². The molecule has 5 nitrogen and oxygen atoms in total. The Labute approximate surface area is 98.1 Å². The first kappa shape index (κ1) is 11.1. The zero-order valence-corrected chi connectivity index (χ0v) is 9.00. The van der Waals surface area contributed by atoms with Crippen molar-refractivity contribution >= 4 is 5.91 Å². The van der Waals surface area contributed by atoms with Gasteiger partial charge in [-0.25, -0.2) is 0 Å². The summed E-state index contributed by atoms with van der Waals surface area (Å²) in [5.41, 5.74) is 1.09. The highest BCUT2D eigenvalue weighted by Gasteiger charge is 2.05. The van der Waals surface area contributed by atoms with Gasteiger partial charge in [0.25, 0.3) is 5.91 Å². The lowest BCUT2D eigenvalue weighted by Gasteiger charge is -2.04. The Morgan fingerprint density at radius 3 is 2.88 bits per heavy atom. The number of benzene rings is 1. The molecule has 0 fully saturated rings. The second kappa shape index (κ2) is 5.07. The zero-order valence-electron chi connectivity index (χ0n) is 9.00. The number of rotatable bonds is 3. The number of hydrogen-bond donors (Lipinski definition) is 2. The van der Waals surface area contributed by atoms with Crippen molar-refractivity contribution in [2.24, 2.45) is 0 Å². The molecule has 1 heterocycles. The van der Waals surface area contributed by atoms with Gasteiger partial charge in [0.15, 0.2) is 0 Å². The fourth-order valence-electron chi connectivity index (χ4n) is 1.35. The van der Waals surface area contributed by atoms with Crippen LogP contribution in [0, 0.1) is 0 Å². The Kier molecular flexibility index (Phi) is 3.30. The second-order valence-electron chi connectivity index (χ2n) is 3.45. The molecule has 86 valence electrons. The van der Waals surface area contributed by atoms with E-state index < -0.39 is 0 Å². The third-order valence-corrected chi connectivity index (χ3v) is 2.17. The van der Waals surface area contributed by atoms with Gasteiger partial charge in [-0.15, -0.1) is 0 Å². The van der Waals surface area contributed by atoms with Gasteiger partial charge in [0.05, 0.1) is 12.2 Å². The van der Waals surface area contributed by atoms with Crippen LogP contribution >= 0.6 is 0 Å². The summed E-state index contributed by atoms with van der Waals surface area (Å²) >= 11 is 0. The number of phenols is 1. The first-order chi connectivity index (χ1) is 8.25. The van der Waals surface area contributed by atoms with E-state index in [2.05, 4.69) is 15.5 Å². The predicted molar refractivity (Wildman–Crippen MR) is 61.3 cm³/mol. The summed E-state index contributed by atoms with van der Waals surface area (Å²) in [6.45, 7) is 0.308. The Balaban J connectivity index is 1.98. The van der Waals surface area contributed by atoms with Gasteiger partial charge in [-0.2, -0.15) is 10.2 Å². The van der Waals surface area contributed by atoms with E-state index in [0.29, 0.717) is 17.8 Å². The molecule has 1 aromatic carbocycles. The van der Waals surface area contributed by atoms with Crippen molar-refractivity contribution in [3.63, 3.8) is 0 Å². The summed E-state index contributed by atoms with van der Waals surface area (Å²) in [6.07, 6.45) is 1.57. The molecule has 0 radical (unpaired) electrons. The first-order valence-corrected chi connectivity index (χ1v) is 5.09. The van der Waals surface area contributed by atoms with Crippen LogP contribution in [0.4, 0.5) is 0 Å². The summed E-state index contributed by atoms with van der Waals surface area (Å²) in [4.78, 5) is 11.7. The highest BCUT2D eigenvalue weighted by Crippen LogP contribution is 2.10. The summed E-state index contributed by atoms with van der Waals surface area (Å²) in [7, 11) is 0. The minimum absolute atomic E-state index is 0.0668. The van der Waals surface area contributed by atoms with Crippen LogP contribution < -0.4 is 5.32 Å². The van der Waals surface area contributed by atoms with Crippen molar-refractivity contribution in [2.75, 3.05) is 0 Å². The highest BCUT2D eigenvalue weighted by atomic mass is 16.3. The van der Waals surface area contributed by atoms with E-state index in [1.54, 1.807) is 30.5 Å². The van der Waals surface area contributed by atoms with Crippen molar-refractivity contribution in [2.45, 2.75) is 6.54 Å². The molecule has 5 heteroatoms. The fourth-order valence-corrected chi connectivity index (χ4v) is 1.35. The number of aromatic nitrogens is 2. The van der Waals surface area contributed by atoms with Crippen LogP contribution in [0.5, 0.6) is 5.75 Å². The van der Waals surface area contributed by atoms with Crippen LogP contribution in [-0.2, 0) is 6.54 Å². The van der Waals surface area contributed by atoms with Crippen LogP contribution in [0.1, 0.15) is 16.1 Å². The minimum Gasteiger partial charge on any atom is -0.508 e. The van der Waals surface area contributed by atoms with Crippen LogP contribution in [0.2, 0.25) is 0 Å². The molecule has 0 unspecified atom stereocenters. The molecule has 0 saturated carbocycles. The minimum atomic E-state index is -0.258. The number of carbonyl (C=O) groups excluding carboxylic acids is 1. The van der Waals surface area contributed by atoms with Crippen molar-refractivity contribution < 1.29 is 9.90 Å². The van der Waals surface area contributed by atoms with E-state index in [1.807, 2.05) is 0 Å². The van der Waals surface area contributed by atoms with E-state index in [4.69, 9.17) is 0 Å². The number of nitrogens with zero attached hydrogens (tertiary/aromatic N) is 2. The van der Waals surface area contributed by atoms with Gasteiger partial charge in [0.1, 0.15) is 5.75 Å². The van der Waals surface area contributed by atoms with E-state index in [1.165, 1.54) is 12.1 Å². The van der Waals surface area contributed by atoms with Crippen molar-refractivity contribution in [1.82, 2.24) is 15.5 Å². The lowest BCUT2D eigenvalue weighted by Crippen LogP contribution is -2.23. The van der Waals surface area contributed by atoms with Gasteiger partial charge in [-0.3, -0.25) is 4.79 Å². The van der Waals surface area contributed by atoms with Gasteiger partial charge in [-0.1, -0.05) is 6.07 Å². The van der Waals surface area contributed by atoms with Gasteiger partial charge in [0.2, 0.25) is 0 Å². The van der Waals surface area contributed by atoms with Crippen molar-refractivity contribution in [3.8, 4) is 5.75 Å². The molecule has 2 N–H and O–H groups in total. The van der Waals surface area contributed by atoms with Crippen molar-refractivity contribution in [3.05, 3.63) is 53.9 Å². The SMILES string of the molecule is O=C(NCc1cccnn1)c1cccc(O)c1. The largest absolute Gasteiger partial charge is 0.508 e. The molecule has 0 aliphatic rings. The molecule has 0 atom stereocenters. The quantitative estimate of drug-likeness (QED) is 0.826. The molecular weight excluding hydrogens is 218 g/mol. The molecular formula is C12H11N3O2. The van der Waals surface area contributed by atoms with E-state index in [-0.39, 0.29) is 11.7 Å². The molecule has 0 saturated heterocycles. The first-order valence-electron chi connectivity index (χ1n) is 5.09. The third-order valence-electron chi connectivity index (χ3n) is 2.17. The molecule has 0 aliphatic heterocycles. The van der Waals surface area contributed by atoms with Gasteiger partial charge >= 0.3 is 0 Å². The summed E-state index contributed by atoms with van der Waals surface area (Å²) in [5, 5.41) is 19.5. The molecule has 1 amide bonds. The molecule has 0 spiro atoms. The number of phenolic OH excluding ortho intramolecular Hbond substituents is 1. The lowest BCUT2D eigenvalue weighted by molar-refractivity contribution is 0.0950. The van der Waals surface area contributed by atoms with Crippen LogP contribution in [0.3, 0.4) is 0 Å². The van der Waals surface area contributed by atoms with Gasteiger partial charge < -0.3 is 10.4 Å². The molecule has 0 aliphatic carbocycles. The zero-order chi connectivity index (χ0) is 12.1. The van der Waals surface area contributed by atoms with Crippen molar-refractivity contribution in [1.29, 1.82) is 0 Å². The maximum Gasteiger partial charge on any atom is 0.251 e.